The van der Waals surface area contributed by atoms with Gasteiger partial charge in [-0.05, 0) is 54.7 Å². The molecule has 7 heteroatoms. The van der Waals surface area contributed by atoms with Gasteiger partial charge < -0.3 is 14.6 Å². The Morgan fingerprint density at radius 1 is 1.09 bits per heavy atom. The monoisotopic (exact) mass is 449 g/mol. The molecule has 0 bridgehead atoms. The van der Waals surface area contributed by atoms with E-state index in [1.165, 1.54) is 16.7 Å². The molecule has 1 N–H and O–H groups in total. The van der Waals surface area contributed by atoms with Crippen LogP contribution < -0.4 is 4.74 Å². The van der Waals surface area contributed by atoms with E-state index >= 15 is 0 Å². The van der Waals surface area contributed by atoms with Crippen LogP contribution in [-0.2, 0) is 11.2 Å². The predicted octanol–water partition coefficient (Wildman–Crippen LogP) is 4.13. The number of hydrogen-bond acceptors (Lipinski definition) is 5. The van der Waals surface area contributed by atoms with Gasteiger partial charge in [0, 0.05) is 19.6 Å². The molecule has 174 valence electrons. The van der Waals surface area contributed by atoms with Gasteiger partial charge >= 0.3 is 5.97 Å². The summed E-state index contributed by atoms with van der Waals surface area (Å²) >= 11 is 0. The number of rotatable bonds is 8. The summed E-state index contributed by atoms with van der Waals surface area (Å²) in [6, 6.07) is 14.3. The highest BCUT2D eigenvalue weighted by molar-refractivity contribution is 5.92. The lowest BCUT2D eigenvalue weighted by atomic mass is 9.96. The van der Waals surface area contributed by atoms with E-state index < -0.39 is 5.97 Å². The largest absolute Gasteiger partial charge is 0.477 e. The SMILES string of the molecule is CCc1nn(-c2ccc(-c3c(C)cccc3C)cc2)c(OCCN2CCOCC2)c1C(=O)O. The maximum atomic E-state index is 12.1. The quantitative estimate of drug-likeness (QED) is 0.557. The molecule has 7 nitrogen and oxygen atoms in total. The molecule has 1 saturated heterocycles. The van der Waals surface area contributed by atoms with Crippen LogP contribution in [-0.4, -0.2) is 65.2 Å². The van der Waals surface area contributed by atoms with E-state index in [-0.39, 0.29) is 11.4 Å². The number of carboxylic acids is 1. The van der Waals surface area contributed by atoms with Gasteiger partial charge in [0.25, 0.3) is 0 Å². The molecule has 1 aromatic heterocycles. The molecule has 0 unspecified atom stereocenters. The first-order chi connectivity index (χ1) is 16.0. The Hall–Kier alpha value is -3.16. The van der Waals surface area contributed by atoms with Crippen molar-refractivity contribution >= 4 is 5.97 Å². The summed E-state index contributed by atoms with van der Waals surface area (Å²) in [5, 5.41) is 14.5. The topological polar surface area (TPSA) is 76.8 Å². The van der Waals surface area contributed by atoms with E-state index in [9.17, 15) is 9.90 Å². The van der Waals surface area contributed by atoms with Crippen molar-refractivity contribution in [2.45, 2.75) is 27.2 Å². The van der Waals surface area contributed by atoms with Crippen LogP contribution in [0, 0.1) is 13.8 Å². The minimum absolute atomic E-state index is 0.137. The fourth-order valence-electron chi connectivity index (χ4n) is 4.35. The van der Waals surface area contributed by atoms with Crippen molar-refractivity contribution in [1.82, 2.24) is 14.7 Å². The molecule has 0 amide bonds. The van der Waals surface area contributed by atoms with E-state index in [0.29, 0.717) is 38.5 Å². The molecule has 0 radical (unpaired) electrons. The molecule has 33 heavy (non-hydrogen) atoms. The van der Waals surface area contributed by atoms with E-state index in [1.54, 1.807) is 4.68 Å². The minimum atomic E-state index is -1.02. The van der Waals surface area contributed by atoms with Crippen LogP contribution in [0.25, 0.3) is 16.8 Å². The van der Waals surface area contributed by atoms with Crippen molar-refractivity contribution < 1.29 is 19.4 Å². The summed E-state index contributed by atoms with van der Waals surface area (Å²) in [7, 11) is 0. The molecule has 3 aromatic rings. The van der Waals surface area contributed by atoms with E-state index in [4.69, 9.17) is 9.47 Å². The van der Waals surface area contributed by atoms with Crippen molar-refractivity contribution in [1.29, 1.82) is 0 Å². The van der Waals surface area contributed by atoms with Gasteiger partial charge in [0.2, 0.25) is 5.88 Å². The first-order valence-corrected chi connectivity index (χ1v) is 11.4. The van der Waals surface area contributed by atoms with Crippen LogP contribution in [0.3, 0.4) is 0 Å². The molecule has 0 saturated carbocycles. The van der Waals surface area contributed by atoms with Crippen molar-refractivity contribution in [3.8, 4) is 22.7 Å². The third-order valence-electron chi connectivity index (χ3n) is 6.10. The molecule has 4 rings (SSSR count). The molecule has 0 atom stereocenters. The number of nitrogens with zero attached hydrogens (tertiary/aromatic N) is 3. The summed E-state index contributed by atoms with van der Waals surface area (Å²) in [4.78, 5) is 14.3. The highest BCUT2D eigenvalue weighted by Gasteiger charge is 2.25. The van der Waals surface area contributed by atoms with Crippen molar-refractivity contribution in [3.05, 3.63) is 64.8 Å². The van der Waals surface area contributed by atoms with Gasteiger partial charge in [-0.2, -0.15) is 5.10 Å². The fourth-order valence-corrected chi connectivity index (χ4v) is 4.35. The molecule has 1 fully saturated rings. The number of carbonyl (C=O) groups is 1. The summed E-state index contributed by atoms with van der Waals surface area (Å²) in [6.07, 6.45) is 0.509. The molecular weight excluding hydrogens is 418 g/mol. The molecule has 0 spiro atoms. The van der Waals surface area contributed by atoms with Crippen LogP contribution in [0.2, 0.25) is 0 Å². The maximum absolute atomic E-state index is 12.1. The van der Waals surface area contributed by atoms with Crippen molar-refractivity contribution in [2.24, 2.45) is 0 Å². The molecule has 2 heterocycles. The lowest BCUT2D eigenvalue weighted by Gasteiger charge is -2.26. The van der Waals surface area contributed by atoms with E-state index in [1.807, 2.05) is 19.1 Å². The third-order valence-corrected chi connectivity index (χ3v) is 6.10. The Balaban J connectivity index is 1.64. The zero-order chi connectivity index (χ0) is 23.4. The summed E-state index contributed by atoms with van der Waals surface area (Å²) in [5.74, 6) is -0.737. The number of aromatic carboxylic acids is 1. The van der Waals surface area contributed by atoms with Crippen molar-refractivity contribution in [3.63, 3.8) is 0 Å². The molecule has 1 aliphatic rings. The number of benzene rings is 2. The Bertz CT molecular complexity index is 1100. The predicted molar refractivity (Wildman–Crippen MR) is 128 cm³/mol. The van der Waals surface area contributed by atoms with Crippen LogP contribution in [0.5, 0.6) is 5.88 Å². The first kappa shape index (κ1) is 23.0. The lowest BCUT2D eigenvalue weighted by molar-refractivity contribution is 0.0317. The molecule has 0 aliphatic carbocycles. The van der Waals surface area contributed by atoms with Gasteiger partial charge in [-0.1, -0.05) is 37.3 Å². The number of morpholine rings is 1. The first-order valence-electron chi connectivity index (χ1n) is 11.4. The number of aromatic nitrogens is 2. The zero-order valence-electron chi connectivity index (χ0n) is 19.5. The van der Waals surface area contributed by atoms with E-state index in [0.717, 1.165) is 24.3 Å². The standard InChI is InChI=1S/C26H31N3O4/c1-4-22-24(26(30)31)25(33-17-14-28-12-15-32-16-13-28)29(27-22)21-10-8-20(9-11-21)23-18(2)6-5-7-19(23)3/h5-11H,4,12-17H2,1-3H3,(H,30,31). The number of hydrogen-bond donors (Lipinski definition) is 1. The van der Waals surface area contributed by atoms with E-state index in [2.05, 4.69) is 54.2 Å². The average molecular weight is 450 g/mol. The van der Waals surface area contributed by atoms with Crippen LogP contribution in [0.1, 0.15) is 34.1 Å². The lowest BCUT2D eigenvalue weighted by Crippen LogP contribution is -2.38. The van der Waals surface area contributed by atoms with Gasteiger partial charge in [0.05, 0.1) is 24.6 Å². The second-order valence-corrected chi connectivity index (χ2v) is 8.31. The molecular formula is C26H31N3O4. The Kier molecular flexibility index (Phi) is 7.11. The Morgan fingerprint density at radius 2 is 1.76 bits per heavy atom. The molecule has 2 aromatic carbocycles. The van der Waals surface area contributed by atoms with Gasteiger partial charge in [-0.15, -0.1) is 0 Å². The number of carboxylic acid groups (broad SMARTS) is 1. The average Bonchev–Trinajstić information content (AvgIpc) is 3.19. The van der Waals surface area contributed by atoms with Crippen LogP contribution in [0.15, 0.2) is 42.5 Å². The summed E-state index contributed by atoms with van der Waals surface area (Å²) < 4.78 is 13.1. The maximum Gasteiger partial charge on any atom is 0.343 e. The van der Waals surface area contributed by atoms with Gasteiger partial charge in [-0.3, -0.25) is 4.90 Å². The number of aryl methyl sites for hydroxylation is 3. The summed E-state index contributed by atoms with van der Waals surface area (Å²) in [5.41, 5.74) is 6.19. The van der Waals surface area contributed by atoms with Gasteiger partial charge in [-0.25, -0.2) is 9.48 Å². The smallest absolute Gasteiger partial charge is 0.343 e. The number of ether oxygens (including phenoxy) is 2. The Labute approximate surface area is 194 Å². The summed E-state index contributed by atoms with van der Waals surface area (Å²) in [6.45, 7) is 10.4. The molecule has 1 aliphatic heterocycles. The second kappa shape index (κ2) is 10.2. The second-order valence-electron chi connectivity index (χ2n) is 8.31. The highest BCUT2D eigenvalue weighted by atomic mass is 16.5. The normalized spacial score (nSPS) is 14.4. The van der Waals surface area contributed by atoms with Crippen LogP contribution >= 0.6 is 0 Å². The minimum Gasteiger partial charge on any atom is -0.477 e. The highest BCUT2D eigenvalue weighted by Crippen LogP contribution is 2.31. The van der Waals surface area contributed by atoms with Gasteiger partial charge in [0.1, 0.15) is 12.2 Å². The zero-order valence-corrected chi connectivity index (χ0v) is 19.5. The van der Waals surface area contributed by atoms with Gasteiger partial charge in [0.15, 0.2) is 0 Å². The fraction of sp³-hybridized carbons (Fsp3) is 0.385. The Morgan fingerprint density at radius 3 is 2.36 bits per heavy atom. The van der Waals surface area contributed by atoms with Crippen molar-refractivity contribution in [2.75, 3.05) is 39.5 Å². The van der Waals surface area contributed by atoms with Crippen LogP contribution in [0.4, 0.5) is 0 Å². The third kappa shape index (κ3) is 4.94.